The van der Waals surface area contributed by atoms with Crippen molar-refractivity contribution >= 4 is 5.91 Å². The number of rotatable bonds is 4. The molecule has 8 nitrogen and oxygen atoms in total. The van der Waals surface area contributed by atoms with Crippen molar-refractivity contribution in [2.75, 3.05) is 26.2 Å². The van der Waals surface area contributed by atoms with E-state index in [1.807, 2.05) is 5.01 Å². The largest absolute Gasteiger partial charge is 0.351 e. The topological polar surface area (TPSA) is 118 Å². The predicted molar refractivity (Wildman–Crippen MR) is 106 cm³/mol. The van der Waals surface area contributed by atoms with Crippen molar-refractivity contribution in [2.24, 2.45) is 29.4 Å². The fourth-order valence-corrected chi connectivity index (χ4v) is 5.79. The lowest BCUT2D eigenvalue weighted by Crippen LogP contribution is -2.60. The SMILES string of the molecule is N#CCC1CNC2C(C(=O)NC3CNCCC3C3CCCCC3)C(N)NN2C1. The van der Waals surface area contributed by atoms with E-state index in [9.17, 15) is 4.79 Å². The number of hydrazine groups is 1. The smallest absolute Gasteiger partial charge is 0.229 e. The number of amides is 1. The van der Waals surface area contributed by atoms with Crippen LogP contribution in [0, 0.1) is 35.0 Å². The summed E-state index contributed by atoms with van der Waals surface area (Å²) in [5.41, 5.74) is 9.56. The Morgan fingerprint density at radius 3 is 2.82 bits per heavy atom. The second kappa shape index (κ2) is 9.06. The van der Waals surface area contributed by atoms with Crippen LogP contribution in [0.25, 0.3) is 0 Å². The molecule has 0 aromatic heterocycles. The third-order valence-corrected chi connectivity index (χ3v) is 7.25. The molecule has 6 atom stereocenters. The molecule has 0 aromatic carbocycles. The van der Waals surface area contributed by atoms with Crippen molar-refractivity contribution < 1.29 is 4.79 Å². The van der Waals surface area contributed by atoms with Gasteiger partial charge < -0.3 is 16.4 Å². The fourth-order valence-electron chi connectivity index (χ4n) is 5.79. The number of carbonyl (C=O) groups is 1. The Morgan fingerprint density at radius 2 is 2.04 bits per heavy atom. The molecule has 3 aliphatic heterocycles. The summed E-state index contributed by atoms with van der Waals surface area (Å²) in [7, 11) is 0. The molecule has 1 saturated carbocycles. The van der Waals surface area contributed by atoms with Crippen LogP contribution in [0.3, 0.4) is 0 Å². The van der Waals surface area contributed by atoms with Crippen LogP contribution in [0.1, 0.15) is 44.9 Å². The fraction of sp³-hybridized carbons (Fsp3) is 0.900. The lowest BCUT2D eigenvalue weighted by Gasteiger charge is -2.40. The minimum absolute atomic E-state index is 0.0493. The van der Waals surface area contributed by atoms with Gasteiger partial charge in [0, 0.05) is 32.1 Å². The number of carbonyl (C=O) groups excluding carboxylic acids is 1. The van der Waals surface area contributed by atoms with Crippen LogP contribution in [0.15, 0.2) is 0 Å². The Morgan fingerprint density at radius 1 is 1.21 bits per heavy atom. The summed E-state index contributed by atoms with van der Waals surface area (Å²) in [5.74, 6) is 1.31. The van der Waals surface area contributed by atoms with E-state index in [-0.39, 0.29) is 30.0 Å². The highest BCUT2D eigenvalue weighted by molar-refractivity contribution is 5.80. The minimum atomic E-state index is -0.400. The van der Waals surface area contributed by atoms with Crippen molar-refractivity contribution in [3.05, 3.63) is 0 Å². The molecule has 8 heteroatoms. The van der Waals surface area contributed by atoms with Crippen molar-refractivity contribution in [3.8, 4) is 6.07 Å². The lowest BCUT2D eigenvalue weighted by molar-refractivity contribution is -0.128. The van der Waals surface area contributed by atoms with Gasteiger partial charge in [-0.3, -0.25) is 10.1 Å². The van der Waals surface area contributed by atoms with Gasteiger partial charge in [0.15, 0.2) is 0 Å². The maximum absolute atomic E-state index is 13.2. The van der Waals surface area contributed by atoms with E-state index < -0.39 is 6.17 Å². The molecule has 0 spiro atoms. The third kappa shape index (κ3) is 4.19. The maximum Gasteiger partial charge on any atom is 0.229 e. The van der Waals surface area contributed by atoms with E-state index in [1.54, 1.807) is 0 Å². The highest BCUT2D eigenvalue weighted by Gasteiger charge is 2.47. The normalized spacial score (nSPS) is 39.9. The number of piperidine rings is 1. The molecule has 0 radical (unpaired) electrons. The van der Waals surface area contributed by atoms with Crippen LogP contribution in [-0.4, -0.2) is 55.5 Å². The van der Waals surface area contributed by atoms with Crippen molar-refractivity contribution in [1.82, 2.24) is 26.4 Å². The van der Waals surface area contributed by atoms with Gasteiger partial charge in [-0.2, -0.15) is 5.26 Å². The summed E-state index contributed by atoms with van der Waals surface area (Å²) in [4.78, 5) is 13.2. The summed E-state index contributed by atoms with van der Waals surface area (Å²) < 4.78 is 0. The van der Waals surface area contributed by atoms with Crippen LogP contribution in [0.2, 0.25) is 0 Å². The molecule has 4 rings (SSSR count). The number of nitrogens with two attached hydrogens (primary N) is 1. The van der Waals surface area contributed by atoms with E-state index in [1.165, 1.54) is 32.1 Å². The van der Waals surface area contributed by atoms with Crippen LogP contribution < -0.4 is 27.1 Å². The average molecular weight is 390 g/mol. The summed E-state index contributed by atoms with van der Waals surface area (Å²) in [6, 6.07) is 2.44. The molecular weight excluding hydrogens is 354 g/mol. The molecule has 3 heterocycles. The second-order valence-corrected chi connectivity index (χ2v) is 9.08. The maximum atomic E-state index is 13.2. The van der Waals surface area contributed by atoms with E-state index in [2.05, 4.69) is 27.4 Å². The highest BCUT2D eigenvalue weighted by Crippen LogP contribution is 2.35. The Hall–Kier alpha value is -1.24. The molecule has 0 aromatic rings. The quantitative estimate of drug-likeness (QED) is 0.453. The molecule has 28 heavy (non-hydrogen) atoms. The van der Waals surface area contributed by atoms with Gasteiger partial charge in [-0.15, -0.1) is 0 Å². The number of nitriles is 1. The number of hydrogen-bond donors (Lipinski definition) is 5. The van der Waals surface area contributed by atoms with Gasteiger partial charge in [0.05, 0.1) is 24.3 Å². The molecule has 4 fully saturated rings. The lowest BCUT2D eigenvalue weighted by atomic mass is 9.74. The van der Waals surface area contributed by atoms with E-state index in [0.717, 1.165) is 38.5 Å². The molecule has 6 unspecified atom stereocenters. The highest BCUT2D eigenvalue weighted by atomic mass is 16.2. The zero-order valence-corrected chi connectivity index (χ0v) is 16.7. The van der Waals surface area contributed by atoms with Gasteiger partial charge in [-0.1, -0.05) is 32.1 Å². The van der Waals surface area contributed by atoms with Gasteiger partial charge in [0.25, 0.3) is 0 Å². The molecule has 3 saturated heterocycles. The van der Waals surface area contributed by atoms with Gasteiger partial charge in [-0.05, 0) is 30.7 Å². The van der Waals surface area contributed by atoms with E-state index in [0.29, 0.717) is 12.3 Å². The number of nitrogens with one attached hydrogen (secondary N) is 4. The van der Waals surface area contributed by atoms with Crippen LogP contribution in [0.5, 0.6) is 0 Å². The zero-order chi connectivity index (χ0) is 19.5. The molecule has 0 bridgehead atoms. The molecule has 1 amide bonds. The molecular formula is C20H35N7O. The van der Waals surface area contributed by atoms with Crippen LogP contribution in [-0.2, 0) is 4.79 Å². The Labute approximate surface area is 167 Å². The van der Waals surface area contributed by atoms with Gasteiger partial charge in [-0.25, -0.2) is 10.4 Å². The summed E-state index contributed by atoms with van der Waals surface area (Å²) >= 11 is 0. The average Bonchev–Trinajstić information content (AvgIpc) is 3.04. The first-order chi connectivity index (χ1) is 13.7. The molecule has 156 valence electrons. The molecule has 4 aliphatic rings. The van der Waals surface area contributed by atoms with E-state index >= 15 is 0 Å². The Balaban J connectivity index is 1.39. The van der Waals surface area contributed by atoms with Crippen LogP contribution in [0.4, 0.5) is 0 Å². The standard InChI is InChI=1S/C20H35N7O/c21-8-6-13-10-24-19-17(18(22)26-27(19)12-13)20(28)25-16-11-23-9-7-15(16)14-4-2-1-3-5-14/h13-19,23-24,26H,1-7,9-12,22H2,(H,25,28). The summed E-state index contributed by atoms with van der Waals surface area (Å²) in [6.45, 7) is 3.41. The number of fused-ring (bicyclic) bond motifs is 1. The number of nitrogens with zero attached hydrogens (tertiary/aromatic N) is 2. The first-order valence-corrected chi connectivity index (χ1v) is 11.1. The van der Waals surface area contributed by atoms with Gasteiger partial charge in [0.1, 0.15) is 0 Å². The zero-order valence-electron chi connectivity index (χ0n) is 16.7. The van der Waals surface area contributed by atoms with Crippen LogP contribution >= 0.6 is 0 Å². The minimum Gasteiger partial charge on any atom is -0.351 e. The first-order valence-electron chi connectivity index (χ1n) is 11.1. The summed E-state index contributed by atoms with van der Waals surface area (Å²) in [5, 5.41) is 21.3. The number of hydrogen-bond acceptors (Lipinski definition) is 7. The first kappa shape index (κ1) is 20.0. The molecule has 6 N–H and O–H groups in total. The summed E-state index contributed by atoms with van der Waals surface area (Å²) in [6.07, 6.45) is 7.79. The van der Waals surface area contributed by atoms with Gasteiger partial charge in [0.2, 0.25) is 5.91 Å². The Bertz CT molecular complexity index is 588. The van der Waals surface area contributed by atoms with Crippen molar-refractivity contribution in [3.63, 3.8) is 0 Å². The van der Waals surface area contributed by atoms with Crippen molar-refractivity contribution in [1.29, 1.82) is 5.26 Å². The second-order valence-electron chi connectivity index (χ2n) is 9.08. The van der Waals surface area contributed by atoms with Crippen molar-refractivity contribution in [2.45, 2.75) is 63.3 Å². The van der Waals surface area contributed by atoms with Gasteiger partial charge >= 0.3 is 0 Å². The third-order valence-electron chi connectivity index (χ3n) is 7.25. The Kier molecular flexibility index (Phi) is 6.48. The monoisotopic (exact) mass is 389 g/mol. The molecule has 1 aliphatic carbocycles. The predicted octanol–water partition coefficient (Wildman–Crippen LogP) is -0.159. The van der Waals surface area contributed by atoms with E-state index in [4.69, 9.17) is 11.0 Å².